The van der Waals surface area contributed by atoms with E-state index < -0.39 is 0 Å². The molecule has 24 heavy (non-hydrogen) atoms. The Bertz CT molecular complexity index is 822. The molecule has 0 aliphatic rings. The number of nitrogens with zero attached hydrogens (tertiary/aromatic N) is 4. The first-order chi connectivity index (χ1) is 11.7. The molecule has 0 bridgehead atoms. The quantitative estimate of drug-likeness (QED) is 0.526. The third kappa shape index (κ3) is 3.43. The second-order valence-electron chi connectivity index (χ2n) is 5.74. The van der Waals surface area contributed by atoms with Crippen molar-refractivity contribution in [3.63, 3.8) is 0 Å². The van der Waals surface area contributed by atoms with Gasteiger partial charge in [-0.2, -0.15) is 5.21 Å². The Morgan fingerprint density at radius 1 is 1.38 bits per heavy atom. The highest BCUT2D eigenvalue weighted by molar-refractivity contribution is 5.87. The summed E-state index contributed by atoms with van der Waals surface area (Å²) >= 11 is 0. The number of nitrogens with one attached hydrogen (secondary N) is 2. The molecule has 0 saturated carbocycles. The van der Waals surface area contributed by atoms with Gasteiger partial charge in [0, 0.05) is 29.6 Å². The number of aryl methyl sites for hydroxylation is 1. The number of H-pyrrole nitrogens is 1. The number of hydrogen-bond acceptors (Lipinski definition) is 5. The van der Waals surface area contributed by atoms with Gasteiger partial charge in [0.15, 0.2) is 5.82 Å². The van der Waals surface area contributed by atoms with Gasteiger partial charge < -0.3 is 15.6 Å². The molecule has 0 spiro atoms. The van der Waals surface area contributed by atoms with Crippen molar-refractivity contribution in [2.75, 3.05) is 6.54 Å². The van der Waals surface area contributed by atoms with E-state index in [-0.39, 0.29) is 12.5 Å². The highest BCUT2D eigenvalue weighted by Crippen LogP contribution is 2.25. The molecule has 1 aromatic carbocycles. The zero-order valence-electron chi connectivity index (χ0n) is 13.6. The molecule has 3 rings (SSSR count). The molecule has 0 aliphatic carbocycles. The Morgan fingerprint density at radius 2 is 2.21 bits per heavy atom. The molecule has 0 fully saturated rings. The molecule has 0 atom stereocenters. The predicted molar refractivity (Wildman–Crippen MR) is 90.1 cm³/mol. The fraction of sp³-hybridized carbons (Fsp3) is 0.375. The number of benzene rings is 1. The molecule has 2 heterocycles. The molecule has 0 radical (unpaired) electrons. The first kappa shape index (κ1) is 16.1. The summed E-state index contributed by atoms with van der Waals surface area (Å²) < 4.78 is 1.98. The summed E-state index contributed by atoms with van der Waals surface area (Å²) in [5.41, 5.74) is 8.69. The van der Waals surface area contributed by atoms with Gasteiger partial charge in [0.25, 0.3) is 0 Å². The zero-order chi connectivity index (χ0) is 16.9. The van der Waals surface area contributed by atoms with Gasteiger partial charge in [0.2, 0.25) is 5.91 Å². The van der Waals surface area contributed by atoms with Crippen LogP contribution >= 0.6 is 0 Å². The standard InChI is InChI=1S/C16H21N7O/c1-11-13(9-18-8-4-7-16-19-21-22-20-16)12-5-2-3-6-14(12)23(11)10-15(17)24/h2-3,5-6,18H,4,7-10H2,1H3,(H2,17,24)(H,19,20,21,22). The lowest BCUT2D eigenvalue weighted by atomic mass is 10.1. The zero-order valence-corrected chi connectivity index (χ0v) is 13.6. The summed E-state index contributed by atoms with van der Waals surface area (Å²) in [6, 6.07) is 8.08. The fourth-order valence-electron chi connectivity index (χ4n) is 2.96. The van der Waals surface area contributed by atoms with E-state index in [1.165, 1.54) is 5.56 Å². The Kier molecular flexibility index (Phi) is 4.85. The van der Waals surface area contributed by atoms with Gasteiger partial charge >= 0.3 is 0 Å². The van der Waals surface area contributed by atoms with Crippen LogP contribution in [0.1, 0.15) is 23.5 Å². The van der Waals surface area contributed by atoms with Crippen molar-refractivity contribution in [2.45, 2.75) is 32.9 Å². The predicted octanol–water partition coefficient (Wildman–Crippen LogP) is 0.671. The number of tetrazole rings is 1. The molecule has 4 N–H and O–H groups in total. The minimum Gasteiger partial charge on any atom is -0.368 e. The smallest absolute Gasteiger partial charge is 0.237 e. The number of fused-ring (bicyclic) bond motifs is 1. The molecule has 3 aromatic rings. The molecule has 8 heteroatoms. The number of rotatable bonds is 8. The van der Waals surface area contributed by atoms with E-state index in [1.807, 2.05) is 29.7 Å². The van der Waals surface area contributed by atoms with Gasteiger partial charge in [-0.15, -0.1) is 10.2 Å². The van der Waals surface area contributed by atoms with E-state index in [9.17, 15) is 4.79 Å². The number of carbonyl (C=O) groups is 1. The molecule has 8 nitrogen and oxygen atoms in total. The maximum absolute atomic E-state index is 11.4. The number of amides is 1. The number of carbonyl (C=O) groups excluding carboxylic acids is 1. The second-order valence-corrected chi connectivity index (χ2v) is 5.74. The lowest BCUT2D eigenvalue weighted by molar-refractivity contribution is -0.118. The Hall–Kier alpha value is -2.74. The van der Waals surface area contributed by atoms with E-state index in [1.54, 1.807) is 0 Å². The molecule has 0 aliphatic heterocycles. The maximum Gasteiger partial charge on any atom is 0.237 e. The first-order valence-electron chi connectivity index (χ1n) is 7.95. The number of aromatic nitrogens is 5. The number of para-hydroxylation sites is 1. The number of aromatic amines is 1. The Labute approximate surface area is 139 Å². The van der Waals surface area contributed by atoms with Gasteiger partial charge in [-0.05, 0) is 31.5 Å². The molecular weight excluding hydrogens is 306 g/mol. The van der Waals surface area contributed by atoms with E-state index >= 15 is 0 Å². The monoisotopic (exact) mass is 327 g/mol. The normalized spacial score (nSPS) is 11.2. The largest absolute Gasteiger partial charge is 0.368 e. The highest BCUT2D eigenvalue weighted by atomic mass is 16.1. The van der Waals surface area contributed by atoms with Crippen molar-refractivity contribution in [1.29, 1.82) is 0 Å². The van der Waals surface area contributed by atoms with Crippen LogP contribution in [0.5, 0.6) is 0 Å². The lowest BCUT2D eigenvalue weighted by Gasteiger charge is -2.07. The molecule has 0 unspecified atom stereocenters. The minimum absolute atomic E-state index is 0.199. The topological polar surface area (TPSA) is 115 Å². The van der Waals surface area contributed by atoms with Crippen molar-refractivity contribution in [2.24, 2.45) is 5.73 Å². The van der Waals surface area contributed by atoms with Crippen LogP contribution in [0.15, 0.2) is 24.3 Å². The van der Waals surface area contributed by atoms with Crippen molar-refractivity contribution >= 4 is 16.8 Å². The second kappa shape index (κ2) is 7.22. The summed E-state index contributed by atoms with van der Waals surface area (Å²) in [4.78, 5) is 11.4. The van der Waals surface area contributed by atoms with Crippen LogP contribution in [0.4, 0.5) is 0 Å². The summed E-state index contributed by atoms with van der Waals surface area (Å²) in [5, 5.41) is 18.5. The maximum atomic E-state index is 11.4. The van der Waals surface area contributed by atoms with Crippen LogP contribution in [-0.2, 0) is 24.3 Å². The van der Waals surface area contributed by atoms with E-state index in [0.29, 0.717) is 0 Å². The van der Waals surface area contributed by atoms with E-state index in [4.69, 9.17) is 5.73 Å². The van der Waals surface area contributed by atoms with Gasteiger partial charge in [-0.1, -0.05) is 23.4 Å². The summed E-state index contributed by atoms with van der Waals surface area (Å²) in [5.74, 6) is 0.393. The Balaban J connectivity index is 1.67. The van der Waals surface area contributed by atoms with E-state index in [0.717, 1.165) is 48.4 Å². The first-order valence-corrected chi connectivity index (χ1v) is 7.95. The number of hydrogen-bond donors (Lipinski definition) is 3. The van der Waals surface area contributed by atoms with Crippen LogP contribution in [0.2, 0.25) is 0 Å². The van der Waals surface area contributed by atoms with Crippen molar-refractivity contribution < 1.29 is 4.79 Å². The van der Waals surface area contributed by atoms with Gasteiger partial charge in [-0.3, -0.25) is 4.79 Å². The van der Waals surface area contributed by atoms with Crippen LogP contribution in [0.3, 0.4) is 0 Å². The molecule has 2 aromatic heterocycles. The molecular formula is C16H21N7O. The number of primary amides is 1. The average Bonchev–Trinajstić information content (AvgIpc) is 3.16. The number of nitrogens with two attached hydrogens (primary N) is 1. The van der Waals surface area contributed by atoms with E-state index in [2.05, 4.69) is 32.0 Å². The van der Waals surface area contributed by atoms with Crippen LogP contribution in [-0.4, -0.2) is 37.6 Å². The minimum atomic E-state index is -0.335. The molecule has 1 amide bonds. The van der Waals surface area contributed by atoms with Gasteiger partial charge in [0.1, 0.15) is 6.54 Å². The van der Waals surface area contributed by atoms with Gasteiger partial charge in [-0.25, -0.2) is 0 Å². The van der Waals surface area contributed by atoms with Crippen LogP contribution in [0, 0.1) is 6.92 Å². The third-order valence-electron chi connectivity index (χ3n) is 4.12. The van der Waals surface area contributed by atoms with Crippen LogP contribution < -0.4 is 11.1 Å². The fourth-order valence-corrected chi connectivity index (χ4v) is 2.96. The average molecular weight is 327 g/mol. The molecule has 0 saturated heterocycles. The van der Waals surface area contributed by atoms with Gasteiger partial charge in [0.05, 0.1) is 0 Å². The molecule has 126 valence electrons. The van der Waals surface area contributed by atoms with Crippen molar-refractivity contribution in [3.8, 4) is 0 Å². The Morgan fingerprint density at radius 3 is 2.96 bits per heavy atom. The summed E-state index contributed by atoms with van der Waals surface area (Å²) in [6.07, 6.45) is 1.71. The van der Waals surface area contributed by atoms with Crippen LogP contribution in [0.25, 0.3) is 10.9 Å². The highest BCUT2D eigenvalue weighted by Gasteiger charge is 2.14. The third-order valence-corrected chi connectivity index (χ3v) is 4.12. The van der Waals surface area contributed by atoms with Crippen molar-refractivity contribution in [1.82, 2.24) is 30.5 Å². The lowest BCUT2D eigenvalue weighted by Crippen LogP contribution is -2.20. The summed E-state index contributed by atoms with van der Waals surface area (Å²) in [7, 11) is 0. The summed E-state index contributed by atoms with van der Waals surface area (Å²) in [6.45, 7) is 3.82. The SMILES string of the molecule is Cc1c(CNCCCc2nn[nH]n2)c2ccccc2n1CC(N)=O. The van der Waals surface area contributed by atoms with Crippen molar-refractivity contribution in [3.05, 3.63) is 41.3 Å².